The Morgan fingerprint density at radius 3 is 2.58 bits per heavy atom. The summed E-state index contributed by atoms with van der Waals surface area (Å²) in [5.41, 5.74) is 12.5. The van der Waals surface area contributed by atoms with Crippen LogP contribution in [0.4, 0.5) is 0 Å². The number of nitrogens with zero attached hydrogens (tertiary/aromatic N) is 2. The van der Waals surface area contributed by atoms with E-state index in [-0.39, 0.29) is 56.9 Å². The van der Waals surface area contributed by atoms with E-state index in [1.165, 1.54) is 17.6 Å². The van der Waals surface area contributed by atoms with Gasteiger partial charge in [0.1, 0.15) is 6.04 Å². The van der Waals surface area contributed by atoms with E-state index in [1.807, 2.05) is 32.0 Å². The Kier molecular flexibility index (Phi) is 14.9. The van der Waals surface area contributed by atoms with Crippen molar-refractivity contribution in [1.82, 2.24) is 15.6 Å². The van der Waals surface area contributed by atoms with E-state index >= 15 is 0 Å². The summed E-state index contributed by atoms with van der Waals surface area (Å²) < 4.78 is 0. The zero-order chi connectivity index (χ0) is 25.8. The fourth-order valence-electron chi connectivity index (χ4n) is 3.89. The maximum absolute atomic E-state index is 12.9. The molecule has 2 N–H and O–H groups in total. The third kappa shape index (κ3) is 9.18. The molecule has 3 amide bonds. The van der Waals surface area contributed by atoms with Crippen molar-refractivity contribution < 1.29 is 47.1 Å². The number of nitrogens with one attached hydrogen (secondary N) is 2. The second-order valence-corrected chi connectivity index (χ2v) is 8.60. The molecule has 36 heavy (non-hydrogen) atoms. The van der Waals surface area contributed by atoms with Crippen LogP contribution >= 0.6 is 0 Å². The van der Waals surface area contributed by atoms with Crippen LogP contribution in [0, 0.1) is 0 Å². The van der Waals surface area contributed by atoms with Gasteiger partial charge in [-0.1, -0.05) is 81.7 Å². The van der Waals surface area contributed by atoms with Gasteiger partial charge in [-0.15, -0.1) is 6.54 Å². The Balaban J connectivity index is 0.00000101. The first-order valence-corrected chi connectivity index (χ1v) is 12.6. The van der Waals surface area contributed by atoms with Gasteiger partial charge in [0.15, 0.2) is 0 Å². The summed E-state index contributed by atoms with van der Waals surface area (Å²) >= 11 is 0. The number of imide groups is 1. The summed E-state index contributed by atoms with van der Waals surface area (Å²) in [4.78, 5) is 37.9. The molecule has 3 aliphatic rings. The van der Waals surface area contributed by atoms with Gasteiger partial charge < -0.3 is 15.8 Å². The number of benzene rings is 1. The molecule has 0 spiro atoms. The van der Waals surface area contributed by atoms with Crippen LogP contribution in [-0.4, -0.2) is 35.2 Å². The largest absolute Gasteiger partial charge is 0.593 e. The van der Waals surface area contributed by atoms with E-state index in [9.17, 15) is 14.4 Å². The number of hydrogen-bond acceptors (Lipinski definition) is 4. The second-order valence-electron chi connectivity index (χ2n) is 8.60. The second kappa shape index (κ2) is 16.7. The predicted molar refractivity (Wildman–Crippen MR) is 140 cm³/mol. The van der Waals surface area contributed by atoms with E-state index in [2.05, 4.69) is 61.2 Å². The number of carbonyl (C=O) groups is 3. The molecule has 0 saturated carbocycles. The Bertz CT molecular complexity index is 1000. The maximum atomic E-state index is 12.9. The van der Waals surface area contributed by atoms with Crippen LogP contribution in [0.15, 0.2) is 53.6 Å². The van der Waals surface area contributed by atoms with Crippen molar-refractivity contribution in [2.45, 2.75) is 79.4 Å². The summed E-state index contributed by atoms with van der Waals surface area (Å²) in [5, 5.41) is 2.32. The molecule has 1 atom stereocenters. The van der Waals surface area contributed by atoms with Gasteiger partial charge in [0.2, 0.25) is 11.8 Å². The van der Waals surface area contributed by atoms with E-state index < -0.39 is 6.04 Å². The third-order valence-corrected chi connectivity index (χ3v) is 5.63. The Morgan fingerprint density at radius 2 is 1.89 bits per heavy atom. The number of carbonyl (C=O) groups excluding carboxylic acids is 3. The number of rotatable bonds is 6. The van der Waals surface area contributed by atoms with Gasteiger partial charge in [-0.05, 0) is 37.0 Å². The summed E-state index contributed by atoms with van der Waals surface area (Å²) in [6.07, 6.45) is 11.3. The summed E-state index contributed by atoms with van der Waals surface area (Å²) in [6, 6.07) is 5.15. The van der Waals surface area contributed by atoms with Crippen molar-refractivity contribution in [3.63, 3.8) is 0 Å². The van der Waals surface area contributed by atoms with Gasteiger partial charge in [0.25, 0.3) is 5.91 Å². The molecule has 1 aromatic carbocycles. The Labute approximate surface area is 241 Å². The molecule has 2 heterocycles. The van der Waals surface area contributed by atoms with Crippen molar-refractivity contribution in [2.75, 3.05) is 6.54 Å². The Morgan fingerprint density at radius 1 is 1.17 bits per heavy atom. The van der Waals surface area contributed by atoms with Gasteiger partial charge >= 0.3 is 0 Å². The van der Waals surface area contributed by atoms with Gasteiger partial charge in [0, 0.05) is 57.8 Å². The number of allylic oxidation sites excluding steroid dienone is 4. The van der Waals surface area contributed by atoms with Crippen molar-refractivity contribution in [3.8, 4) is 0 Å². The van der Waals surface area contributed by atoms with E-state index in [0.29, 0.717) is 31.6 Å². The third-order valence-electron chi connectivity index (χ3n) is 5.63. The van der Waals surface area contributed by atoms with E-state index in [4.69, 9.17) is 0 Å². The fraction of sp³-hybridized carbons (Fsp3) is 0.464. The smallest absolute Gasteiger partial charge is 0.255 e. The first-order chi connectivity index (χ1) is 16.9. The van der Waals surface area contributed by atoms with Crippen LogP contribution in [0.25, 0.3) is 5.43 Å². The molecule has 1 saturated heterocycles. The van der Waals surface area contributed by atoms with Crippen molar-refractivity contribution in [1.29, 1.82) is 0 Å². The first-order valence-electron chi connectivity index (χ1n) is 12.6. The van der Waals surface area contributed by atoms with E-state index in [0.717, 1.165) is 17.5 Å². The monoisotopic (exact) mass is 568 g/mol. The molecule has 1 aromatic rings. The molecule has 0 bridgehead atoms. The van der Waals surface area contributed by atoms with Crippen molar-refractivity contribution in [2.24, 2.45) is 0 Å². The van der Waals surface area contributed by atoms with Crippen LogP contribution < -0.4 is 10.7 Å². The average Bonchev–Trinajstić information content (AvgIpc) is 3.02. The summed E-state index contributed by atoms with van der Waals surface area (Å²) in [5.74, 6) is -0.830. The molecule has 7 nitrogen and oxygen atoms in total. The van der Waals surface area contributed by atoms with Gasteiger partial charge in [-0.3, -0.25) is 19.7 Å². The summed E-state index contributed by atoms with van der Waals surface area (Å²) in [6.45, 7) is 11.9. The topological polar surface area (TPSA) is 92.6 Å². The van der Waals surface area contributed by atoms with Crippen LogP contribution in [0.2, 0.25) is 0 Å². The number of hydrogen-bond donors (Lipinski definition) is 2. The van der Waals surface area contributed by atoms with Gasteiger partial charge in [0.05, 0.1) is 0 Å². The normalized spacial score (nSPS) is 18.3. The van der Waals surface area contributed by atoms with Gasteiger partial charge in [-0.2, -0.15) is 0 Å². The van der Waals surface area contributed by atoms with Crippen LogP contribution in [0.5, 0.6) is 0 Å². The molecule has 8 heteroatoms. The molecule has 1 aliphatic carbocycles. The van der Waals surface area contributed by atoms with E-state index in [1.54, 1.807) is 4.90 Å². The molecule has 4 rings (SSSR count). The molecule has 1 unspecified atom stereocenters. The minimum absolute atomic E-state index is 0. The SMILES string of the molecule is CC.CC1=CC=CC(CN[N-]Cc2ccc3c(c2)C(=O)N(C2CCC(=O)NC2=O)C3)=CC1.CCC.[Y]. The molecule has 1 fully saturated rings. The first kappa shape index (κ1) is 32.1. The molecule has 0 aromatic heterocycles. The van der Waals surface area contributed by atoms with Crippen molar-refractivity contribution in [3.05, 3.63) is 75.8 Å². The van der Waals surface area contributed by atoms with Crippen molar-refractivity contribution >= 4 is 17.7 Å². The van der Waals surface area contributed by atoms with Gasteiger partial charge in [-0.25, -0.2) is 0 Å². The molecule has 1 radical (unpaired) electrons. The fourth-order valence-corrected chi connectivity index (χ4v) is 3.89. The van der Waals surface area contributed by atoms with Crippen LogP contribution in [0.3, 0.4) is 0 Å². The molecular weight excluding hydrogens is 529 g/mol. The molecule has 2 aliphatic heterocycles. The number of fused-ring (bicyclic) bond motifs is 1. The standard InChI is InChI=1S/C23H25N4O3.C3H8.C2H6.Y/c1-15-3-2-4-16(6-5-15)12-24-25-13-17-7-8-18-14-27(23(30)19(18)11-17)20-9-10-21(28)26-22(20)29;1-3-2;1-2;/h2-4,6-8,11,20,24H,5,9-10,12-14H2,1H3,(H,26,28,29);3H2,1-2H3;1-2H3;/q-1;;;. The zero-order valence-corrected chi connectivity index (χ0v) is 25.1. The Hall–Kier alpha value is -1.93. The molecule has 193 valence electrons. The predicted octanol–water partition coefficient (Wildman–Crippen LogP) is 5.10. The number of amides is 3. The minimum atomic E-state index is -0.587. The molecular formula is C28H39N4O3Y-. The maximum Gasteiger partial charge on any atom is 0.255 e. The van der Waals surface area contributed by atoms with Crippen LogP contribution in [0.1, 0.15) is 81.8 Å². The quantitative estimate of drug-likeness (QED) is 0.284. The minimum Gasteiger partial charge on any atom is -0.593 e. The number of piperidine rings is 1. The zero-order valence-electron chi connectivity index (χ0n) is 22.3. The summed E-state index contributed by atoms with van der Waals surface area (Å²) in [7, 11) is 0. The average molecular weight is 569 g/mol. The van der Waals surface area contributed by atoms with Crippen LogP contribution in [-0.2, 0) is 55.4 Å².